The fraction of sp³-hybridized carbons (Fsp3) is 0.150. The van der Waals surface area contributed by atoms with Crippen molar-refractivity contribution in [3.63, 3.8) is 0 Å². The number of fused-ring (bicyclic) bond motifs is 1. The predicted molar refractivity (Wildman–Crippen MR) is 99.0 cm³/mol. The van der Waals surface area contributed by atoms with Crippen LogP contribution in [0.25, 0.3) is 11.0 Å². The van der Waals surface area contributed by atoms with Crippen molar-refractivity contribution in [2.75, 3.05) is 25.6 Å². The fourth-order valence-electron chi connectivity index (χ4n) is 2.41. The number of esters is 1. The van der Waals surface area contributed by atoms with Gasteiger partial charge in [0.2, 0.25) is 0 Å². The third-order valence-electron chi connectivity index (χ3n) is 3.79. The van der Waals surface area contributed by atoms with E-state index in [0.717, 1.165) is 0 Å². The Morgan fingerprint density at radius 1 is 1.04 bits per heavy atom. The molecular weight excluding hydrogens is 350 g/mol. The second-order valence-electron chi connectivity index (χ2n) is 5.65. The van der Waals surface area contributed by atoms with Crippen LogP contribution in [0.3, 0.4) is 0 Å². The van der Waals surface area contributed by atoms with Gasteiger partial charge in [0.1, 0.15) is 17.8 Å². The maximum Gasteiger partial charge on any atom is 0.349 e. The lowest BCUT2D eigenvalue weighted by atomic mass is 10.1. The van der Waals surface area contributed by atoms with Crippen LogP contribution >= 0.6 is 0 Å². The van der Waals surface area contributed by atoms with E-state index in [2.05, 4.69) is 5.32 Å². The number of carbonyl (C=O) groups is 2. The molecule has 7 nitrogen and oxygen atoms in total. The van der Waals surface area contributed by atoms with Gasteiger partial charge < -0.3 is 19.2 Å². The van der Waals surface area contributed by atoms with Gasteiger partial charge >= 0.3 is 11.6 Å². The van der Waals surface area contributed by atoms with Gasteiger partial charge in [-0.05, 0) is 36.4 Å². The van der Waals surface area contributed by atoms with Crippen LogP contribution in [0.1, 0.15) is 20.7 Å². The van der Waals surface area contributed by atoms with Crippen LogP contribution in [0, 0.1) is 0 Å². The number of nitrogens with one attached hydrogen (secondary N) is 1. The lowest BCUT2D eigenvalue weighted by Gasteiger charge is -2.07. The van der Waals surface area contributed by atoms with Crippen LogP contribution in [-0.2, 0) is 9.47 Å². The molecule has 0 radical (unpaired) electrons. The molecule has 0 saturated heterocycles. The molecule has 1 N–H and O–H groups in total. The van der Waals surface area contributed by atoms with Gasteiger partial charge in [-0.1, -0.05) is 18.2 Å². The lowest BCUT2D eigenvalue weighted by molar-refractivity contribution is 0.0388. The van der Waals surface area contributed by atoms with Crippen molar-refractivity contribution >= 4 is 28.5 Å². The largest absolute Gasteiger partial charge is 0.460 e. The molecule has 1 heterocycles. The molecule has 0 saturated carbocycles. The first-order valence-electron chi connectivity index (χ1n) is 8.19. The van der Waals surface area contributed by atoms with Crippen molar-refractivity contribution in [1.82, 2.24) is 0 Å². The van der Waals surface area contributed by atoms with Crippen LogP contribution in [0.15, 0.2) is 63.8 Å². The van der Waals surface area contributed by atoms with Crippen LogP contribution in [0.2, 0.25) is 0 Å². The number of rotatable bonds is 6. The van der Waals surface area contributed by atoms with Crippen molar-refractivity contribution in [2.45, 2.75) is 0 Å². The van der Waals surface area contributed by atoms with Crippen LogP contribution in [0.4, 0.5) is 5.69 Å². The standard InChI is InChI=1S/C20H17NO6/c1-25-10-11-26-19(23)13-6-8-15(9-7-13)21-18(22)16-12-14-4-2-3-5-17(14)27-20(16)24/h2-9,12H,10-11H2,1H3,(H,21,22). The van der Waals surface area contributed by atoms with Gasteiger partial charge in [-0.25, -0.2) is 9.59 Å². The number of benzene rings is 2. The first-order valence-corrected chi connectivity index (χ1v) is 8.19. The third kappa shape index (κ3) is 4.39. The first kappa shape index (κ1) is 18.3. The topological polar surface area (TPSA) is 94.8 Å². The molecule has 0 bridgehead atoms. The quantitative estimate of drug-likeness (QED) is 0.409. The van der Waals surface area contributed by atoms with Crippen molar-refractivity contribution < 1.29 is 23.5 Å². The number of ether oxygens (including phenoxy) is 2. The molecular formula is C20H17NO6. The van der Waals surface area contributed by atoms with Gasteiger partial charge in [-0.2, -0.15) is 0 Å². The summed E-state index contributed by atoms with van der Waals surface area (Å²) in [6.45, 7) is 0.472. The van der Waals surface area contributed by atoms with Crippen molar-refractivity contribution in [1.29, 1.82) is 0 Å². The number of amides is 1. The summed E-state index contributed by atoms with van der Waals surface area (Å²) >= 11 is 0. The molecule has 0 spiro atoms. The average Bonchev–Trinajstić information content (AvgIpc) is 2.68. The van der Waals surface area contributed by atoms with Crippen molar-refractivity contribution in [3.8, 4) is 0 Å². The number of methoxy groups -OCH3 is 1. The average molecular weight is 367 g/mol. The molecule has 0 unspecified atom stereocenters. The number of carbonyl (C=O) groups excluding carboxylic acids is 2. The van der Waals surface area contributed by atoms with E-state index in [4.69, 9.17) is 13.9 Å². The molecule has 1 aromatic heterocycles. The number of hydrogen-bond acceptors (Lipinski definition) is 6. The highest BCUT2D eigenvalue weighted by Gasteiger charge is 2.14. The SMILES string of the molecule is COCCOC(=O)c1ccc(NC(=O)c2cc3ccccc3oc2=O)cc1. The Kier molecular flexibility index (Phi) is 5.63. The predicted octanol–water partition coefficient (Wildman–Crippen LogP) is 2.85. The molecule has 2 aromatic carbocycles. The maximum atomic E-state index is 12.4. The molecule has 1 amide bonds. The minimum atomic E-state index is -0.718. The summed E-state index contributed by atoms with van der Waals surface area (Å²) < 4.78 is 15.0. The highest BCUT2D eigenvalue weighted by atomic mass is 16.6. The Hall–Kier alpha value is -3.45. The zero-order valence-corrected chi connectivity index (χ0v) is 14.6. The maximum absolute atomic E-state index is 12.4. The summed E-state index contributed by atoms with van der Waals surface area (Å²) in [5.74, 6) is -1.08. The van der Waals surface area contributed by atoms with E-state index in [0.29, 0.717) is 28.8 Å². The monoisotopic (exact) mass is 367 g/mol. The van der Waals surface area contributed by atoms with Crippen LogP contribution in [0.5, 0.6) is 0 Å². The molecule has 0 fully saturated rings. The number of hydrogen-bond donors (Lipinski definition) is 1. The van der Waals surface area contributed by atoms with Gasteiger partial charge in [0.05, 0.1) is 12.2 Å². The summed E-state index contributed by atoms with van der Waals surface area (Å²) in [6, 6.07) is 14.6. The Morgan fingerprint density at radius 3 is 2.52 bits per heavy atom. The van der Waals surface area contributed by atoms with E-state index in [1.165, 1.54) is 25.3 Å². The van der Waals surface area contributed by atoms with Gasteiger partial charge in [0, 0.05) is 18.2 Å². The molecule has 3 rings (SSSR count). The van der Waals surface area contributed by atoms with Crippen LogP contribution < -0.4 is 10.9 Å². The smallest absolute Gasteiger partial charge is 0.349 e. The van der Waals surface area contributed by atoms with E-state index in [-0.39, 0.29) is 12.2 Å². The molecule has 0 atom stereocenters. The Labute approximate surface area is 154 Å². The highest BCUT2D eigenvalue weighted by molar-refractivity contribution is 6.05. The molecule has 3 aromatic rings. The normalized spacial score (nSPS) is 10.6. The summed E-state index contributed by atoms with van der Waals surface area (Å²) in [7, 11) is 1.52. The van der Waals surface area contributed by atoms with E-state index in [9.17, 15) is 14.4 Å². The Balaban J connectivity index is 1.72. The minimum Gasteiger partial charge on any atom is -0.460 e. The number of para-hydroxylation sites is 1. The summed E-state index contributed by atoms with van der Waals surface area (Å²) in [5.41, 5.74) is 0.368. The van der Waals surface area contributed by atoms with E-state index < -0.39 is 17.5 Å². The van der Waals surface area contributed by atoms with Gasteiger partial charge in [-0.3, -0.25) is 4.79 Å². The second kappa shape index (κ2) is 8.29. The zero-order valence-electron chi connectivity index (χ0n) is 14.6. The minimum absolute atomic E-state index is 0.100. The Morgan fingerprint density at radius 2 is 1.78 bits per heavy atom. The van der Waals surface area contributed by atoms with Crippen LogP contribution in [-0.4, -0.2) is 32.2 Å². The molecule has 0 aliphatic carbocycles. The van der Waals surface area contributed by atoms with E-state index in [1.807, 2.05) is 0 Å². The lowest BCUT2D eigenvalue weighted by Crippen LogP contribution is -2.20. The third-order valence-corrected chi connectivity index (χ3v) is 3.79. The second-order valence-corrected chi connectivity index (χ2v) is 5.65. The molecule has 27 heavy (non-hydrogen) atoms. The summed E-state index contributed by atoms with van der Waals surface area (Å²) in [4.78, 5) is 36.3. The summed E-state index contributed by atoms with van der Waals surface area (Å²) in [5, 5.41) is 3.26. The fourth-order valence-corrected chi connectivity index (χ4v) is 2.41. The van der Waals surface area contributed by atoms with E-state index >= 15 is 0 Å². The Bertz CT molecular complexity index is 1020. The van der Waals surface area contributed by atoms with Gasteiger partial charge in [0.25, 0.3) is 5.91 Å². The molecule has 0 aliphatic heterocycles. The van der Waals surface area contributed by atoms with Gasteiger partial charge in [-0.15, -0.1) is 0 Å². The van der Waals surface area contributed by atoms with E-state index in [1.54, 1.807) is 36.4 Å². The molecule has 0 aliphatic rings. The van der Waals surface area contributed by atoms with Gasteiger partial charge in [0.15, 0.2) is 0 Å². The molecule has 7 heteroatoms. The van der Waals surface area contributed by atoms with Crippen molar-refractivity contribution in [2.24, 2.45) is 0 Å². The molecule has 138 valence electrons. The zero-order chi connectivity index (χ0) is 19.2. The highest BCUT2D eigenvalue weighted by Crippen LogP contribution is 2.15. The van der Waals surface area contributed by atoms with Crippen molar-refractivity contribution in [3.05, 3.63) is 76.1 Å². The number of anilines is 1. The first-order chi connectivity index (χ1) is 13.1. The summed E-state index contributed by atoms with van der Waals surface area (Å²) in [6.07, 6.45) is 0.